The highest BCUT2D eigenvalue weighted by atomic mass is 35.5. The Bertz CT molecular complexity index is 1160. The van der Waals surface area contributed by atoms with Crippen LogP contribution in [0.2, 0.25) is 5.02 Å². The molecule has 3 heterocycles. The summed E-state index contributed by atoms with van der Waals surface area (Å²) in [6.45, 7) is 1.22. The van der Waals surface area contributed by atoms with E-state index in [2.05, 4.69) is 15.1 Å². The van der Waals surface area contributed by atoms with Crippen LogP contribution in [0, 0.1) is 5.82 Å². The molecule has 0 atom stereocenters. The molecule has 9 nitrogen and oxygen atoms in total. The molecule has 0 bridgehead atoms. The average Bonchev–Trinajstić information content (AvgIpc) is 3.05. The molecule has 0 unspecified atom stereocenters. The Hall–Kier alpha value is -2.50. The van der Waals surface area contributed by atoms with Crippen LogP contribution in [0.5, 0.6) is 0 Å². The van der Waals surface area contributed by atoms with Gasteiger partial charge in [-0.2, -0.15) is 19.4 Å². The smallest absolute Gasteiger partial charge is 0.243 e. The summed E-state index contributed by atoms with van der Waals surface area (Å²) < 4.78 is 41.9. The summed E-state index contributed by atoms with van der Waals surface area (Å²) in [5.74, 6) is 0.0883. The lowest BCUT2D eigenvalue weighted by molar-refractivity contribution is 0.382. The van der Waals surface area contributed by atoms with E-state index in [-0.39, 0.29) is 23.0 Å². The minimum atomic E-state index is -3.77. The van der Waals surface area contributed by atoms with E-state index in [1.54, 1.807) is 17.9 Å². The second-order valence-electron chi connectivity index (χ2n) is 6.38. The number of aryl methyl sites for hydroxylation is 1. The van der Waals surface area contributed by atoms with Gasteiger partial charge in [0.2, 0.25) is 16.0 Å². The first kappa shape index (κ1) is 18.8. The van der Waals surface area contributed by atoms with E-state index in [9.17, 15) is 12.8 Å². The van der Waals surface area contributed by atoms with Crippen molar-refractivity contribution in [3.05, 3.63) is 35.2 Å². The van der Waals surface area contributed by atoms with Gasteiger partial charge in [-0.25, -0.2) is 12.8 Å². The molecule has 0 amide bonds. The van der Waals surface area contributed by atoms with E-state index in [1.165, 1.54) is 10.4 Å². The molecule has 2 aromatic heterocycles. The van der Waals surface area contributed by atoms with Crippen molar-refractivity contribution in [2.75, 3.05) is 36.8 Å². The zero-order valence-electron chi connectivity index (χ0n) is 14.9. The van der Waals surface area contributed by atoms with E-state index >= 15 is 0 Å². The molecule has 1 saturated heterocycles. The molecule has 1 fully saturated rings. The number of nitrogen functional groups attached to an aromatic ring is 1. The fourth-order valence-electron chi connectivity index (χ4n) is 3.09. The van der Waals surface area contributed by atoms with Crippen LogP contribution in [-0.2, 0) is 17.1 Å². The largest absolute Gasteiger partial charge is 0.383 e. The Morgan fingerprint density at radius 3 is 2.57 bits per heavy atom. The van der Waals surface area contributed by atoms with Crippen LogP contribution >= 0.6 is 11.6 Å². The molecule has 0 spiro atoms. The van der Waals surface area contributed by atoms with Gasteiger partial charge in [0.15, 0.2) is 5.65 Å². The zero-order chi connectivity index (χ0) is 20.1. The number of hydrogen-bond acceptors (Lipinski definition) is 7. The highest BCUT2D eigenvalue weighted by Crippen LogP contribution is 2.25. The zero-order valence-corrected chi connectivity index (χ0v) is 16.5. The molecule has 1 aliphatic heterocycles. The summed E-state index contributed by atoms with van der Waals surface area (Å²) in [7, 11) is -2.01. The highest BCUT2D eigenvalue weighted by Gasteiger charge is 2.30. The minimum absolute atomic E-state index is 0.0378. The third-order valence-corrected chi connectivity index (χ3v) is 6.84. The highest BCUT2D eigenvalue weighted by molar-refractivity contribution is 7.89. The summed E-state index contributed by atoms with van der Waals surface area (Å²) in [6.07, 6.45) is 1.60. The first-order valence-corrected chi connectivity index (χ1v) is 10.2. The van der Waals surface area contributed by atoms with E-state index in [0.29, 0.717) is 35.9 Å². The Labute approximate surface area is 165 Å². The van der Waals surface area contributed by atoms with Gasteiger partial charge in [-0.05, 0) is 18.2 Å². The first-order valence-electron chi connectivity index (χ1n) is 8.43. The topological polar surface area (TPSA) is 110 Å². The maximum absolute atomic E-state index is 13.3. The van der Waals surface area contributed by atoms with Gasteiger partial charge >= 0.3 is 0 Å². The molecule has 0 saturated carbocycles. The van der Waals surface area contributed by atoms with Gasteiger partial charge in [0, 0.05) is 33.2 Å². The Balaban J connectivity index is 1.54. The number of rotatable bonds is 3. The lowest BCUT2D eigenvalue weighted by Gasteiger charge is -2.34. The number of aromatic nitrogens is 4. The maximum Gasteiger partial charge on any atom is 0.243 e. The number of anilines is 2. The summed E-state index contributed by atoms with van der Waals surface area (Å²) in [4.78, 5) is 10.6. The van der Waals surface area contributed by atoms with Gasteiger partial charge in [-0.1, -0.05) is 11.6 Å². The number of sulfonamides is 1. The van der Waals surface area contributed by atoms with Gasteiger partial charge in [0.25, 0.3) is 0 Å². The molecule has 0 aliphatic carbocycles. The predicted molar refractivity (Wildman–Crippen MR) is 103 cm³/mol. The van der Waals surface area contributed by atoms with Crippen LogP contribution in [0.4, 0.5) is 16.2 Å². The number of hydrogen-bond donors (Lipinski definition) is 1. The third kappa shape index (κ3) is 3.15. The molecule has 28 heavy (non-hydrogen) atoms. The van der Waals surface area contributed by atoms with Gasteiger partial charge in [-0.15, -0.1) is 0 Å². The normalized spacial score (nSPS) is 16.0. The Morgan fingerprint density at radius 1 is 1.18 bits per heavy atom. The van der Waals surface area contributed by atoms with Gasteiger partial charge in [0.1, 0.15) is 11.6 Å². The third-order valence-electron chi connectivity index (χ3n) is 4.66. The SMILES string of the molecule is Cn1ncc2c(N)nc(N3CCN(S(=O)(=O)c4ccc(F)c(Cl)c4)CC3)nc21. The van der Waals surface area contributed by atoms with Gasteiger partial charge < -0.3 is 10.6 Å². The Morgan fingerprint density at radius 2 is 1.89 bits per heavy atom. The second-order valence-corrected chi connectivity index (χ2v) is 8.73. The molecule has 3 aromatic rings. The van der Waals surface area contributed by atoms with E-state index in [4.69, 9.17) is 17.3 Å². The van der Waals surface area contributed by atoms with Crippen molar-refractivity contribution in [2.45, 2.75) is 4.90 Å². The lowest BCUT2D eigenvalue weighted by atomic mass is 10.3. The van der Waals surface area contributed by atoms with Crippen molar-refractivity contribution in [2.24, 2.45) is 7.05 Å². The Kier molecular flexibility index (Phi) is 4.60. The van der Waals surface area contributed by atoms with E-state index < -0.39 is 15.8 Å². The molecule has 12 heteroatoms. The minimum Gasteiger partial charge on any atom is -0.383 e. The molecular formula is C16H17ClFN7O2S. The monoisotopic (exact) mass is 425 g/mol. The van der Waals surface area contributed by atoms with Crippen molar-refractivity contribution in [1.82, 2.24) is 24.1 Å². The predicted octanol–water partition coefficient (Wildman–Crippen LogP) is 1.25. The number of benzene rings is 1. The number of halogens is 2. The fourth-order valence-corrected chi connectivity index (χ4v) is 4.78. The summed E-state index contributed by atoms with van der Waals surface area (Å²) in [6, 6.07) is 3.38. The van der Waals surface area contributed by atoms with Crippen LogP contribution < -0.4 is 10.6 Å². The number of nitrogens with zero attached hydrogens (tertiary/aromatic N) is 6. The molecule has 4 rings (SSSR count). The van der Waals surface area contributed by atoms with Crippen LogP contribution in [0.3, 0.4) is 0 Å². The lowest BCUT2D eigenvalue weighted by Crippen LogP contribution is -2.49. The standard InChI is InChI=1S/C16H17ClFN7O2S/c1-23-15-11(9-20-23)14(19)21-16(22-15)24-4-6-25(7-5-24)28(26,27)10-2-3-13(18)12(17)8-10/h2-3,8-9H,4-7H2,1H3,(H2,19,21,22). The maximum atomic E-state index is 13.3. The summed E-state index contributed by atoms with van der Waals surface area (Å²) in [5, 5.41) is 4.56. The van der Waals surface area contributed by atoms with Crippen molar-refractivity contribution in [3.8, 4) is 0 Å². The van der Waals surface area contributed by atoms with Crippen molar-refractivity contribution in [3.63, 3.8) is 0 Å². The number of piperazine rings is 1. The second kappa shape index (κ2) is 6.83. The number of nitrogens with two attached hydrogens (primary N) is 1. The average molecular weight is 426 g/mol. The molecule has 1 aromatic carbocycles. The van der Waals surface area contributed by atoms with Crippen LogP contribution in [0.25, 0.3) is 11.0 Å². The fraction of sp³-hybridized carbons (Fsp3) is 0.312. The van der Waals surface area contributed by atoms with Crippen molar-refractivity contribution >= 4 is 44.4 Å². The first-order chi connectivity index (χ1) is 13.3. The quantitative estimate of drug-likeness (QED) is 0.672. The van der Waals surface area contributed by atoms with Crippen LogP contribution in [0.15, 0.2) is 29.3 Å². The van der Waals surface area contributed by atoms with Crippen molar-refractivity contribution in [1.29, 1.82) is 0 Å². The van der Waals surface area contributed by atoms with E-state index in [0.717, 1.165) is 12.1 Å². The summed E-state index contributed by atoms with van der Waals surface area (Å²) >= 11 is 5.73. The molecule has 0 radical (unpaired) electrons. The summed E-state index contributed by atoms with van der Waals surface area (Å²) in [5.41, 5.74) is 6.61. The van der Waals surface area contributed by atoms with Gasteiger partial charge in [0.05, 0.1) is 21.5 Å². The van der Waals surface area contributed by atoms with Crippen LogP contribution in [-0.4, -0.2) is 58.7 Å². The van der Waals surface area contributed by atoms with Crippen molar-refractivity contribution < 1.29 is 12.8 Å². The molecule has 148 valence electrons. The molecule has 2 N–H and O–H groups in total. The molecular weight excluding hydrogens is 409 g/mol. The molecule has 1 aliphatic rings. The van der Waals surface area contributed by atoms with Crippen LogP contribution in [0.1, 0.15) is 0 Å². The van der Waals surface area contributed by atoms with Gasteiger partial charge in [-0.3, -0.25) is 4.68 Å². The van der Waals surface area contributed by atoms with E-state index in [1.807, 2.05) is 4.90 Å². The number of fused-ring (bicyclic) bond motifs is 1.